The van der Waals surface area contributed by atoms with Crippen molar-refractivity contribution < 1.29 is 22.3 Å². The van der Waals surface area contributed by atoms with E-state index in [-0.39, 0.29) is 29.1 Å². The Balaban J connectivity index is 1.40. The van der Waals surface area contributed by atoms with E-state index >= 15 is 0 Å². The van der Waals surface area contributed by atoms with Gasteiger partial charge < -0.3 is 9.64 Å². The standard InChI is InChI=1S/C23H20BrFN2O4S/c1-15-12-16-13-17(24)2-11-22(16)27(15)23(28)14-31-20-7-9-21(10-8-20)32(29,30)26-19-5-3-18(25)4-6-19/h2-11,13,15,26H,12,14H2,1H3/t15-/m1/s1. The average molecular weight is 519 g/mol. The number of fused-ring (bicyclic) bond motifs is 1. The second kappa shape index (κ2) is 8.91. The lowest BCUT2D eigenvalue weighted by Gasteiger charge is -2.22. The Morgan fingerprint density at radius 1 is 1.12 bits per heavy atom. The minimum Gasteiger partial charge on any atom is -0.484 e. The van der Waals surface area contributed by atoms with Crippen LogP contribution in [-0.4, -0.2) is 27.0 Å². The van der Waals surface area contributed by atoms with Gasteiger partial charge in [0.2, 0.25) is 0 Å². The topological polar surface area (TPSA) is 75.7 Å². The van der Waals surface area contributed by atoms with Crippen molar-refractivity contribution in [2.75, 3.05) is 16.2 Å². The SMILES string of the molecule is C[C@@H]1Cc2cc(Br)ccc2N1C(=O)COc1ccc(S(=O)(=O)Nc2ccc(F)cc2)cc1. The molecule has 1 heterocycles. The van der Waals surface area contributed by atoms with Gasteiger partial charge >= 0.3 is 0 Å². The molecule has 6 nitrogen and oxygen atoms in total. The number of anilines is 2. The smallest absolute Gasteiger partial charge is 0.265 e. The highest BCUT2D eigenvalue weighted by Crippen LogP contribution is 2.34. The third kappa shape index (κ3) is 4.78. The monoisotopic (exact) mass is 518 g/mol. The fraction of sp³-hybridized carbons (Fsp3) is 0.174. The molecule has 0 unspecified atom stereocenters. The molecule has 0 fully saturated rings. The second-order valence-corrected chi connectivity index (χ2v) is 10.1. The molecule has 0 spiro atoms. The largest absolute Gasteiger partial charge is 0.484 e. The molecule has 1 amide bonds. The normalized spacial score (nSPS) is 15.3. The van der Waals surface area contributed by atoms with Crippen LogP contribution in [0.3, 0.4) is 0 Å². The summed E-state index contributed by atoms with van der Waals surface area (Å²) in [5, 5.41) is 0. The van der Waals surface area contributed by atoms with Crippen LogP contribution < -0.4 is 14.4 Å². The summed E-state index contributed by atoms with van der Waals surface area (Å²) in [7, 11) is -3.84. The first-order valence-electron chi connectivity index (χ1n) is 9.85. The fourth-order valence-electron chi connectivity index (χ4n) is 3.64. The first-order chi connectivity index (χ1) is 15.2. The van der Waals surface area contributed by atoms with Crippen LogP contribution in [0.2, 0.25) is 0 Å². The number of ether oxygens (including phenoxy) is 1. The van der Waals surface area contributed by atoms with Crippen LogP contribution in [0.1, 0.15) is 12.5 Å². The average Bonchev–Trinajstić information content (AvgIpc) is 3.08. The van der Waals surface area contributed by atoms with Crippen LogP contribution in [0.4, 0.5) is 15.8 Å². The van der Waals surface area contributed by atoms with Crippen molar-refractivity contribution in [3.63, 3.8) is 0 Å². The molecule has 1 atom stereocenters. The van der Waals surface area contributed by atoms with Crippen molar-refractivity contribution in [2.24, 2.45) is 0 Å². The van der Waals surface area contributed by atoms with Gasteiger partial charge in [0.05, 0.1) is 4.90 Å². The molecule has 0 aromatic heterocycles. The van der Waals surface area contributed by atoms with Crippen LogP contribution in [0.25, 0.3) is 0 Å². The molecule has 9 heteroatoms. The maximum Gasteiger partial charge on any atom is 0.265 e. The molecule has 1 aliphatic rings. The van der Waals surface area contributed by atoms with E-state index in [1.165, 1.54) is 48.5 Å². The number of carbonyl (C=O) groups excluding carboxylic acids is 1. The van der Waals surface area contributed by atoms with Gasteiger partial charge in [0.15, 0.2) is 6.61 Å². The molecule has 1 N–H and O–H groups in total. The molecule has 1 aliphatic heterocycles. The quantitative estimate of drug-likeness (QED) is 0.511. The number of benzene rings is 3. The number of hydrogen-bond acceptors (Lipinski definition) is 4. The van der Waals surface area contributed by atoms with E-state index in [2.05, 4.69) is 20.7 Å². The van der Waals surface area contributed by atoms with Crippen molar-refractivity contribution >= 4 is 43.2 Å². The number of nitrogens with one attached hydrogen (secondary N) is 1. The number of rotatable bonds is 6. The van der Waals surface area contributed by atoms with E-state index in [9.17, 15) is 17.6 Å². The van der Waals surface area contributed by atoms with Crippen molar-refractivity contribution in [2.45, 2.75) is 24.3 Å². The van der Waals surface area contributed by atoms with E-state index in [1.54, 1.807) is 4.90 Å². The summed E-state index contributed by atoms with van der Waals surface area (Å²) in [6.07, 6.45) is 0.772. The van der Waals surface area contributed by atoms with E-state index in [4.69, 9.17) is 4.74 Å². The van der Waals surface area contributed by atoms with Gasteiger partial charge in [0.25, 0.3) is 15.9 Å². The molecule has 0 radical (unpaired) electrons. The zero-order valence-electron chi connectivity index (χ0n) is 17.1. The summed E-state index contributed by atoms with van der Waals surface area (Å²) in [5.41, 5.74) is 2.23. The summed E-state index contributed by atoms with van der Waals surface area (Å²) >= 11 is 3.45. The van der Waals surface area contributed by atoms with Crippen molar-refractivity contribution in [1.82, 2.24) is 0 Å². The van der Waals surface area contributed by atoms with E-state index in [0.29, 0.717) is 5.75 Å². The van der Waals surface area contributed by atoms with Gasteiger partial charge in [-0.15, -0.1) is 0 Å². The molecular weight excluding hydrogens is 499 g/mol. The van der Waals surface area contributed by atoms with Gasteiger partial charge in [-0.3, -0.25) is 9.52 Å². The second-order valence-electron chi connectivity index (χ2n) is 7.46. The maximum atomic E-state index is 13.0. The fourth-order valence-corrected chi connectivity index (χ4v) is 5.11. The number of halogens is 2. The van der Waals surface area contributed by atoms with Crippen molar-refractivity contribution in [3.05, 3.63) is 82.6 Å². The summed E-state index contributed by atoms with van der Waals surface area (Å²) < 4.78 is 47.0. The highest BCUT2D eigenvalue weighted by atomic mass is 79.9. The summed E-state index contributed by atoms with van der Waals surface area (Å²) in [4.78, 5) is 14.5. The highest BCUT2D eigenvalue weighted by Gasteiger charge is 2.31. The van der Waals surface area contributed by atoms with Crippen LogP contribution in [-0.2, 0) is 21.2 Å². The number of sulfonamides is 1. The van der Waals surface area contributed by atoms with Crippen LogP contribution in [0.15, 0.2) is 76.1 Å². The number of nitrogens with zero attached hydrogens (tertiary/aromatic N) is 1. The molecule has 3 aromatic rings. The predicted octanol–water partition coefficient (Wildman–Crippen LogP) is 4.75. The molecule has 32 heavy (non-hydrogen) atoms. The van der Waals surface area contributed by atoms with Crippen molar-refractivity contribution in [3.8, 4) is 5.75 Å². The Kier molecular flexibility index (Phi) is 6.21. The van der Waals surface area contributed by atoms with Crippen LogP contribution in [0.5, 0.6) is 5.75 Å². The minimum atomic E-state index is -3.84. The lowest BCUT2D eigenvalue weighted by molar-refractivity contribution is -0.120. The zero-order chi connectivity index (χ0) is 22.9. The first-order valence-corrected chi connectivity index (χ1v) is 12.1. The first kappa shape index (κ1) is 22.3. The third-order valence-electron chi connectivity index (χ3n) is 5.12. The van der Waals surface area contributed by atoms with E-state index in [0.717, 1.165) is 22.1 Å². The Bertz CT molecular complexity index is 1250. The van der Waals surface area contributed by atoms with Gasteiger partial charge in [-0.25, -0.2) is 12.8 Å². The van der Waals surface area contributed by atoms with Gasteiger partial charge in [-0.05, 0) is 85.6 Å². The predicted molar refractivity (Wildman–Crippen MR) is 124 cm³/mol. The van der Waals surface area contributed by atoms with Gasteiger partial charge in [-0.1, -0.05) is 15.9 Å². The highest BCUT2D eigenvalue weighted by molar-refractivity contribution is 9.10. The van der Waals surface area contributed by atoms with Crippen molar-refractivity contribution in [1.29, 1.82) is 0 Å². The number of hydrogen-bond donors (Lipinski definition) is 1. The molecule has 0 aliphatic carbocycles. The molecule has 4 rings (SSSR count). The lowest BCUT2D eigenvalue weighted by atomic mass is 10.1. The Morgan fingerprint density at radius 3 is 2.50 bits per heavy atom. The lowest BCUT2D eigenvalue weighted by Crippen LogP contribution is -2.39. The third-order valence-corrected chi connectivity index (χ3v) is 7.01. The van der Waals surface area contributed by atoms with Gasteiger partial charge in [0, 0.05) is 21.9 Å². The van der Waals surface area contributed by atoms with E-state index < -0.39 is 15.8 Å². The Hall–Kier alpha value is -2.91. The number of amides is 1. The molecule has 0 saturated heterocycles. The summed E-state index contributed by atoms with van der Waals surface area (Å²) in [6.45, 7) is 1.82. The molecule has 3 aromatic carbocycles. The summed E-state index contributed by atoms with van der Waals surface area (Å²) in [5.74, 6) is -0.251. The maximum absolute atomic E-state index is 13.0. The molecule has 166 valence electrons. The molecule has 0 saturated carbocycles. The van der Waals surface area contributed by atoms with Gasteiger partial charge in [-0.2, -0.15) is 0 Å². The Morgan fingerprint density at radius 2 is 1.81 bits per heavy atom. The zero-order valence-corrected chi connectivity index (χ0v) is 19.5. The Labute approximate surface area is 194 Å². The summed E-state index contributed by atoms with van der Waals surface area (Å²) in [6, 6.07) is 16.6. The molecule has 0 bridgehead atoms. The van der Waals surface area contributed by atoms with E-state index in [1.807, 2.05) is 25.1 Å². The molecular formula is C23H20BrFN2O4S. The minimum absolute atomic E-state index is 0.0215. The number of carbonyl (C=O) groups is 1. The van der Waals surface area contributed by atoms with Crippen LogP contribution >= 0.6 is 15.9 Å². The van der Waals surface area contributed by atoms with Gasteiger partial charge in [0.1, 0.15) is 11.6 Å². The van der Waals surface area contributed by atoms with Crippen LogP contribution in [0, 0.1) is 5.82 Å².